The van der Waals surface area contributed by atoms with Gasteiger partial charge in [0.1, 0.15) is 0 Å². The number of carbonyl (C=O) groups excluding carboxylic acids is 1. The first-order valence-corrected chi connectivity index (χ1v) is 8.83. The highest BCUT2D eigenvalue weighted by atomic mass is 32.2. The van der Waals surface area contributed by atoms with Gasteiger partial charge in [-0.05, 0) is 25.3 Å². The number of nitrogens with zero attached hydrogens (tertiary/aromatic N) is 1. The largest absolute Gasteiger partial charge is 0.335 e. The van der Waals surface area contributed by atoms with Gasteiger partial charge in [-0.2, -0.15) is 11.8 Å². The zero-order chi connectivity index (χ0) is 13.7. The maximum atomic E-state index is 12.5. The molecule has 0 radical (unpaired) electrons. The van der Waals surface area contributed by atoms with Gasteiger partial charge in [0.25, 0.3) is 0 Å². The number of carbonyl (C=O) groups is 1. The molecule has 1 saturated heterocycles. The summed E-state index contributed by atoms with van der Waals surface area (Å²) in [7, 11) is 0. The van der Waals surface area contributed by atoms with Gasteiger partial charge in [-0.15, -0.1) is 11.3 Å². The Kier molecular flexibility index (Phi) is 5.73. The van der Waals surface area contributed by atoms with E-state index in [0.29, 0.717) is 12.5 Å². The number of hydrogen-bond donors (Lipinski definition) is 1. The quantitative estimate of drug-likeness (QED) is 0.907. The molecule has 0 bridgehead atoms. The van der Waals surface area contributed by atoms with Crippen molar-refractivity contribution in [3.8, 4) is 0 Å². The van der Waals surface area contributed by atoms with Crippen molar-refractivity contribution in [1.29, 1.82) is 0 Å². The Morgan fingerprint density at radius 1 is 1.58 bits per heavy atom. The number of hydrogen-bond acceptors (Lipinski definition) is 4. The summed E-state index contributed by atoms with van der Waals surface area (Å²) in [6.07, 6.45) is 0.622. The molecule has 106 valence electrons. The summed E-state index contributed by atoms with van der Waals surface area (Å²) in [5, 5.41) is 5.50. The van der Waals surface area contributed by atoms with Crippen molar-refractivity contribution in [1.82, 2.24) is 10.2 Å². The summed E-state index contributed by atoms with van der Waals surface area (Å²) < 4.78 is 0. The molecule has 0 saturated carbocycles. The Morgan fingerprint density at radius 3 is 3.00 bits per heavy atom. The van der Waals surface area contributed by atoms with Crippen LogP contribution in [-0.4, -0.2) is 40.9 Å². The summed E-state index contributed by atoms with van der Waals surface area (Å²) in [4.78, 5) is 15.7. The number of thioether (sulfide) groups is 1. The second-order valence-electron chi connectivity index (χ2n) is 5.12. The van der Waals surface area contributed by atoms with Crippen molar-refractivity contribution in [3.63, 3.8) is 0 Å². The van der Waals surface area contributed by atoms with Gasteiger partial charge < -0.3 is 10.2 Å². The monoisotopic (exact) mass is 298 g/mol. The molecule has 0 aromatic carbocycles. The standard InChI is InChI=1S/C14H22N2OS2/c1-11(2)16(9-13-4-3-6-19-13)14(17)8-12-10-18-7-5-15-12/h3-4,6,11-12,15H,5,7-10H2,1-2H3. The van der Waals surface area contributed by atoms with Crippen LogP contribution in [0.25, 0.3) is 0 Å². The molecule has 1 amide bonds. The van der Waals surface area contributed by atoms with Crippen molar-refractivity contribution in [2.75, 3.05) is 18.1 Å². The summed E-state index contributed by atoms with van der Waals surface area (Å²) in [6, 6.07) is 4.74. The van der Waals surface area contributed by atoms with E-state index in [1.165, 1.54) is 4.88 Å². The number of nitrogens with one attached hydrogen (secondary N) is 1. The van der Waals surface area contributed by atoms with Crippen LogP contribution in [-0.2, 0) is 11.3 Å². The number of thiophene rings is 1. The van der Waals surface area contributed by atoms with Gasteiger partial charge in [0.2, 0.25) is 5.91 Å². The normalized spacial score (nSPS) is 19.6. The molecule has 1 fully saturated rings. The lowest BCUT2D eigenvalue weighted by Crippen LogP contribution is -2.44. The van der Waals surface area contributed by atoms with Crippen LogP contribution in [0.1, 0.15) is 25.1 Å². The zero-order valence-corrected chi connectivity index (χ0v) is 13.2. The van der Waals surface area contributed by atoms with E-state index in [9.17, 15) is 4.79 Å². The number of amides is 1. The fourth-order valence-electron chi connectivity index (χ4n) is 2.21. The first kappa shape index (κ1) is 14.9. The van der Waals surface area contributed by atoms with E-state index < -0.39 is 0 Å². The lowest BCUT2D eigenvalue weighted by atomic mass is 10.2. The van der Waals surface area contributed by atoms with E-state index >= 15 is 0 Å². The van der Waals surface area contributed by atoms with Crippen LogP contribution >= 0.6 is 23.1 Å². The minimum atomic E-state index is 0.255. The molecule has 0 spiro atoms. The smallest absolute Gasteiger partial charge is 0.224 e. The van der Waals surface area contributed by atoms with E-state index in [1.54, 1.807) is 11.3 Å². The van der Waals surface area contributed by atoms with Crippen molar-refractivity contribution in [3.05, 3.63) is 22.4 Å². The molecule has 0 aliphatic carbocycles. The minimum absolute atomic E-state index is 0.255. The van der Waals surface area contributed by atoms with Crippen LogP contribution in [0.3, 0.4) is 0 Å². The molecule has 1 aliphatic rings. The van der Waals surface area contributed by atoms with Crippen molar-refractivity contribution in [2.24, 2.45) is 0 Å². The molecular weight excluding hydrogens is 276 g/mol. The molecule has 1 N–H and O–H groups in total. The summed E-state index contributed by atoms with van der Waals surface area (Å²) in [5.41, 5.74) is 0. The molecule has 1 aromatic rings. The van der Waals surface area contributed by atoms with E-state index in [1.807, 2.05) is 22.7 Å². The first-order chi connectivity index (χ1) is 9.16. The predicted molar refractivity (Wildman–Crippen MR) is 83.7 cm³/mol. The highest BCUT2D eigenvalue weighted by molar-refractivity contribution is 7.99. The van der Waals surface area contributed by atoms with Crippen molar-refractivity contribution >= 4 is 29.0 Å². The molecule has 5 heteroatoms. The maximum Gasteiger partial charge on any atom is 0.224 e. The molecule has 2 rings (SSSR count). The van der Waals surface area contributed by atoms with Gasteiger partial charge in [0.05, 0.1) is 6.54 Å². The molecule has 1 aliphatic heterocycles. The van der Waals surface area contributed by atoms with E-state index in [4.69, 9.17) is 0 Å². The van der Waals surface area contributed by atoms with Gasteiger partial charge >= 0.3 is 0 Å². The molecular formula is C14H22N2OS2. The van der Waals surface area contributed by atoms with E-state index in [0.717, 1.165) is 24.6 Å². The van der Waals surface area contributed by atoms with Gasteiger partial charge in [-0.1, -0.05) is 6.07 Å². The molecule has 3 nitrogen and oxygen atoms in total. The molecule has 19 heavy (non-hydrogen) atoms. The Balaban J connectivity index is 1.92. The topological polar surface area (TPSA) is 32.3 Å². The second-order valence-corrected chi connectivity index (χ2v) is 7.31. The zero-order valence-electron chi connectivity index (χ0n) is 11.6. The maximum absolute atomic E-state index is 12.5. The van der Waals surface area contributed by atoms with Crippen molar-refractivity contribution < 1.29 is 4.79 Å². The van der Waals surface area contributed by atoms with Gasteiger partial charge in [0.15, 0.2) is 0 Å². The third-order valence-electron chi connectivity index (χ3n) is 3.27. The van der Waals surface area contributed by atoms with Crippen LogP contribution in [0.15, 0.2) is 17.5 Å². The average Bonchev–Trinajstić information content (AvgIpc) is 2.89. The Hall–Kier alpha value is -0.520. The predicted octanol–water partition coefficient (Wildman–Crippen LogP) is 2.58. The van der Waals surface area contributed by atoms with Crippen LogP contribution in [0.5, 0.6) is 0 Å². The third kappa shape index (κ3) is 4.51. The number of rotatable bonds is 5. The minimum Gasteiger partial charge on any atom is -0.335 e. The molecule has 2 heterocycles. The third-order valence-corrected chi connectivity index (χ3v) is 5.26. The molecule has 1 unspecified atom stereocenters. The van der Waals surface area contributed by atoms with Crippen LogP contribution < -0.4 is 5.32 Å². The van der Waals surface area contributed by atoms with Gasteiger partial charge in [0, 0.05) is 41.4 Å². The molecule has 1 aromatic heterocycles. The summed E-state index contributed by atoms with van der Waals surface area (Å²) in [5.74, 6) is 2.48. The van der Waals surface area contributed by atoms with Crippen LogP contribution in [0.2, 0.25) is 0 Å². The van der Waals surface area contributed by atoms with Crippen LogP contribution in [0, 0.1) is 0 Å². The van der Waals surface area contributed by atoms with E-state index in [-0.39, 0.29) is 11.9 Å². The summed E-state index contributed by atoms with van der Waals surface area (Å²) in [6.45, 7) is 5.95. The average molecular weight is 298 g/mol. The van der Waals surface area contributed by atoms with E-state index in [2.05, 4.69) is 30.6 Å². The Bertz CT molecular complexity index is 386. The second kappa shape index (κ2) is 7.31. The highest BCUT2D eigenvalue weighted by Gasteiger charge is 2.22. The highest BCUT2D eigenvalue weighted by Crippen LogP contribution is 2.17. The lowest BCUT2D eigenvalue weighted by Gasteiger charge is -2.30. The summed E-state index contributed by atoms with van der Waals surface area (Å²) >= 11 is 3.66. The first-order valence-electron chi connectivity index (χ1n) is 6.80. The Labute approximate surface area is 123 Å². The van der Waals surface area contributed by atoms with Gasteiger partial charge in [-0.25, -0.2) is 0 Å². The fraction of sp³-hybridized carbons (Fsp3) is 0.643. The molecule has 1 atom stereocenters. The fourth-order valence-corrected chi connectivity index (χ4v) is 3.86. The van der Waals surface area contributed by atoms with Crippen LogP contribution in [0.4, 0.5) is 0 Å². The van der Waals surface area contributed by atoms with Crippen molar-refractivity contribution in [2.45, 2.75) is 38.9 Å². The SMILES string of the molecule is CC(C)N(Cc1cccs1)C(=O)CC1CSCCN1. The lowest BCUT2D eigenvalue weighted by molar-refractivity contribution is -0.133. The Morgan fingerprint density at radius 2 is 2.42 bits per heavy atom. The van der Waals surface area contributed by atoms with Gasteiger partial charge in [-0.3, -0.25) is 4.79 Å².